The van der Waals surface area contributed by atoms with Gasteiger partial charge in [-0.2, -0.15) is 0 Å². The minimum Gasteiger partial charge on any atom is -0.379 e. The van der Waals surface area contributed by atoms with Crippen LogP contribution in [0.4, 0.5) is 0 Å². The van der Waals surface area contributed by atoms with E-state index in [0.29, 0.717) is 0 Å². The SMILES string of the molecule is CCNC(=NCCNC(C)(C)C)N1CCC(CN2CCOCC2)C1. The van der Waals surface area contributed by atoms with E-state index in [1.807, 2.05) is 0 Å². The molecular formula is C18H37N5O. The predicted molar refractivity (Wildman–Crippen MR) is 101 cm³/mol. The molecule has 6 heteroatoms. The van der Waals surface area contributed by atoms with E-state index in [0.717, 1.165) is 70.9 Å². The lowest BCUT2D eigenvalue weighted by molar-refractivity contribution is 0.0315. The molecule has 1 unspecified atom stereocenters. The zero-order chi connectivity index (χ0) is 17.4. The lowest BCUT2D eigenvalue weighted by Gasteiger charge is -2.29. The van der Waals surface area contributed by atoms with Crippen molar-refractivity contribution in [1.29, 1.82) is 0 Å². The highest BCUT2D eigenvalue weighted by Gasteiger charge is 2.27. The maximum Gasteiger partial charge on any atom is 0.193 e. The van der Waals surface area contributed by atoms with E-state index in [-0.39, 0.29) is 5.54 Å². The molecule has 0 spiro atoms. The number of nitrogens with one attached hydrogen (secondary N) is 2. The first-order chi connectivity index (χ1) is 11.5. The number of ether oxygens (including phenoxy) is 1. The van der Waals surface area contributed by atoms with Crippen molar-refractivity contribution < 1.29 is 4.74 Å². The Hall–Kier alpha value is -0.850. The lowest BCUT2D eigenvalue weighted by Crippen LogP contribution is -2.43. The van der Waals surface area contributed by atoms with Gasteiger partial charge in [-0.15, -0.1) is 0 Å². The lowest BCUT2D eigenvalue weighted by atomic mass is 10.1. The molecule has 140 valence electrons. The van der Waals surface area contributed by atoms with Crippen molar-refractivity contribution in [3.63, 3.8) is 0 Å². The molecule has 0 saturated carbocycles. The van der Waals surface area contributed by atoms with E-state index in [9.17, 15) is 0 Å². The molecule has 0 aromatic carbocycles. The zero-order valence-electron chi connectivity index (χ0n) is 16.1. The number of nitrogens with zero attached hydrogens (tertiary/aromatic N) is 3. The maximum absolute atomic E-state index is 5.45. The summed E-state index contributed by atoms with van der Waals surface area (Å²) in [6.45, 7) is 18.8. The largest absolute Gasteiger partial charge is 0.379 e. The van der Waals surface area contributed by atoms with Crippen LogP contribution in [0.5, 0.6) is 0 Å². The van der Waals surface area contributed by atoms with Crippen molar-refractivity contribution in [2.75, 3.05) is 65.6 Å². The van der Waals surface area contributed by atoms with Crippen LogP contribution < -0.4 is 10.6 Å². The molecule has 0 amide bonds. The Kier molecular flexibility index (Phi) is 7.78. The number of morpholine rings is 1. The fourth-order valence-electron chi connectivity index (χ4n) is 3.34. The van der Waals surface area contributed by atoms with E-state index < -0.39 is 0 Å². The molecule has 2 aliphatic rings. The molecule has 0 bridgehead atoms. The van der Waals surface area contributed by atoms with Gasteiger partial charge < -0.3 is 20.3 Å². The van der Waals surface area contributed by atoms with Crippen LogP contribution in [0.2, 0.25) is 0 Å². The number of rotatable bonds is 6. The van der Waals surface area contributed by atoms with Crippen LogP contribution in [0, 0.1) is 5.92 Å². The summed E-state index contributed by atoms with van der Waals surface area (Å²) >= 11 is 0. The molecule has 2 heterocycles. The van der Waals surface area contributed by atoms with Crippen molar-refractivity contribution in [1.82, 2.24) is 20.4 Å². The van der Waals surface area contributed by atoms with Crippen molar-refractivity contribution in [2.45, 2.75) is 39.7 Å². The standard InChI is InChI=1S/C18H37N5O/c1-5-19-17(20-7-8-21-18(2,3)4)23-9-6-16(15-23)14-22-10-12-24-13-11-22/h16,21H,5-15H2,1-4H3,(H,19,20). The zero-order valence-corrected chi connectivity index (χ0v) is 16.1. The fourth-order valence-corrected chi connectivity index (χ4v) is 3.34. The summed E-state index contributed by atoms with van der Waals surface area (Å²) in [6, 6.07) is 0. The Morgan fingerprint density at radius 1 is 1.21 bits per heavy atom. The van der Waals surface area contributed by atoms with Crippen molar-refractivity contribution in [3.05, 3.63) is 0 Å². The Balaban J connectivity index is 1.78. The van der Waals surface area contributed by atoms with Crippen molar-refractivity contribution in [3.8, 4) is 0 Å². The molecule has 1 atom stereocenters. The van der Waals surface area contributed by atoms with E-state index >= 15 is 0 Å². The van der Waals surface area contributed by atoms with Crippen molar-refractivity contribution in [2.24, 2.45) is 10.9 Å². The van der Waals surface area contributed by atoms with Crippen LogP contribution >= 0.6 is 0 Å². The highest BCUT2D eigenvalue weighted by Crippen LogP contribution is 2.18. The van der Waals surface area contributed by atoms with Crippen LogP contribution in [-0.2, 0) is 4.74 Å². The molecule has 2 fully saturated rings. The molecule has 2 aliphatic heterocycles. The van der Waals surface area contributed by atoms with Gasteiger partial charge in [-0.05, 0) is 40.0 Å². The van der Waals surface area contributed by atoms with E-state index in [4.69, 9.17) is 9.73 Å². The first kappa shape index (κ1) is 19.5. The molecule has 0 radical (unpaired) electrons. The molecule has 6 nitrogen and oxygen atoms in total. The number of aliphatic imine (C=N–C) groups is 1. The molecule has 0 aliphatic carbocycles. The number of hydrogen-bond acceptors (Lipinski definition) is 4. The normalized spacial score (nSPS) is 23.8. The van der Waals surface area contributed by atoms with Crippen LogP contribution in [0.3, 0.4) is 0 Å². The smallest absolute Gasteiger partial charge is 0.193 e. The molecule has 24 heavy (non-hydrogen) atoms. The Morgan fingerprint density at radius 2 is 1.96 bits per heavy atom. The van der Waals surface area contributed by atoms with Gasteiger partial charge >= 0.3 is 0 Å². The van der Waals surface area contributed by atoms with Gasteiger partial charge in [0.1, 0.15) is 0 Å². The topological polar surface area (TPSA) is 52.1 Å². The highest BCUT2D eigenvalue weighted by atomic mass is 16.5. The van der Waals surface area contributed by atoms with Crippen LogP contribution in [-0.4, -0.2) is 86.9 Å². The van der Waals surface area contributed by atoms with Gasteiger partial charge in [-0.3, -0.25) is 9.89 Å². The number of likely N-dealkylation sites (tertiary alicyclic amines) is 1. The van der Waals surface area contributed by atoms with E-state index in [1.54, 1.807) is 0 Å². The minimum atomic E-state index is 0.158. The second-order valence-corrected chi connectivity index (χ2v) is 7.93. The summed E-state index contributed by atoms with van der Waals surface area (Å²) in [5.74, 6) is 1.83. The third kappa shape index (κ3) is 6.95. The third-order valence-electron chi connectivity index (χ3n) is 4.57. The van der Waals surface area contributed by atoms with Crippen LogP contribution in [0.15, 0.2) is 4.99 Å². The molecule has 0 aromatic heterocycles. The van der Waals surface area contributed by atoms with Gasteiger partial charge in [0.2, 0.25) is 0 Å². The van der Waals surface area contributed by atoms with E-state index in [2.05, 4.69) is 48.1 Å². The summed E-state index contributed by atoms with van der Waals surface area (Å²) in [4.78, 5) is 9.80. The highest BCUT2D eigenvalue weighted by molar-refractivity contribution is 5.80. The molecular weight excluding hydrogens is 302 g/mol. The van der Waals surface area contributed by atoms with Gasteiger partial charge in [0, 0.05) is 51.4 Å². The summed E-state index contributed by atoms with van der Waals surface area (Å²) in [5, 5.41) is 6.96. The summed E-state index contributed by atoms with van der Waals surface area (Å²) in [6.07, 6.45) is 1.27. The molecule has 2 saturated heterocycles. The molecule has 0 aromatic rings. The quantitative estimate of drug-likeness (QED) is 0.429. The maximum atomic E-state index is 5.45. The van der Waals surface area contributed by atoms with Gasteiger partial charge in [0.05, 0.1) is 19.8 Å². The number of guanidine groups is 1. The minimum absolute atomic E-state index is 0.158. The number of hydrogen-bond donors (Lipinski definition) is 2. The monoisotopic (exact) mass is 339 g/mol. The van der Waals surface area contributed by atoms with E-state index in [1.165, 1.54) is 13.0 Å². The van der Waals surface area contributed by atoms with Gasteiger partial charge in [-0.25, -0.2) is 0 Å². The summed E-state index contributed by atoms with van der Waals surface area (Å²) in [7, 11) is 0. The molecule has 2 N–H and O–H groups in total. The Bertz CT molecular complexity index is 387. The predicted octanol–water partition coefficient (Wildman–Crippen LogP) is 0.994. The van der Waals surface area contributed by atoms with Gasteiger partial charge in [-0.1, -0.05) is 0 Å². The molecule has 2 rings (SSSR count). The average Bonchev–Trinajstić information content (AvgIpc) is 2.99. The Labute approximate surface area is 148 Å². The van der Waals surface area contributed by atoms with Crippen LogP contribution in [0.25, 0.3) is 0 Å². The first-order valence-corrected chi connectivity index (χ1v) is 9.56. The second-order valence-electron chi connectivity index (χ2n) is 7.93. The van der Waals surface area contributed by atoms with Crippen LogP contribution in [0.1, 0.15) is 34.1 Å². The van der Waals surface area contributed by atoms with Gasteiger partial charge in [0.25, 0.3) is 0 Å². The third-order valence-corrected chi connectivity index (χ3v) is 4.57. The summed E-state index contributed by atoms with van der Waals surface area (Å²) < 4.78 is 5.45. The first-order valence-electron chi connectivity index (χ1n) is 9.56. The fraction of sp³-hybridized carbons (Fsp3) is 0.944. The van der Waals surface area contributed by atoms with Crippen molar-refractivity contribution >= 4 is 5.96 Å². The average molecular weight is 340 g/mol. The summed E-state index contributed by atoms with van der Waals surface area (Å²) in [5.41, 5.74) is 0.158. The second kappa shape index (κ2) is 9.59. The van der Waals surface area contributed by atoms with Gasteiger partial charge in [0.15, 0.2) is 5.96 Å². The Morgan fingerprint density at radius 3 is 2.62 bits per heavy atom.